The van der Waals surface area contributed by atoms with Crippen LogP contribution in [0.1, 0.15) is 25.3 Å². The fraction of sp³-hybridized carbons (Fsp3) is 0.538. The highest BCUT2D eigenvalue weighted by atomic mass is 32.2. The molecule has 1 aliphatic rings. The quantitative estimate of drug-likeness (QED) is 0.882. The largest absolute Gasteiger partial charge is 0.313 e. The molecule has 0 spiro atoms. The smallest absolute Gasteiger partial charge is 0.243 e. The molecule has 1 heterocycles. The number of rotatable bonds is 5. The first-order chi connectivity index (χ1) is 8.64. The minimum absolute atomic E-state index is 0.416. The van der Waals surface area contributed by atoms with Gasteiger partial charge in [0, 0.05) is 19.6 Å². The monoisotopic (exact) mass is 268 g/mol. The lowest BCUT2D eigenvalue weighted by molar-refractivity contribution is 0.477. The molecular weight excluding hydrogens is 248 g/mol. The zero-order valence-electron chi connectivity index (χ0n) is 10.7. The van der Waals surface area contributed by atoms with Gasteiger partial charge in [-0.25, -0.2) is 8.42 Å². The number of sulfonamides is 1. The first-order valence-electron chi connectivity index (χ1n) is 6.44. The molecule has 0 atom stereocenters. The number of nitrogens with zero attached hydrogens (tertiary/aromatic N) is 1. The average Bonchev–Trinajstić information content (AvgIpc) is 2.91. The topological polar surface area (TPSA) is 49.4 Å². The summed E-state index contributed by atoms with van der Waals surface area (Å²) in [5.41, 5.74) is 1.01. The third-order valence-electron chi connectivity index (χ3n) is 3.18. The number of nitrogens with one attached hydrogen (secondary N) is 1. The van der Waals surface area contributed by atoms with Crippen molar-refractivity contribution in [2.45, 2.75) is 31.2 Å². The van der Waals surface area contributed by atoms with Gasteiger partial charge in [0.1, 0.15) is 0 Å². The Balaban J connectivity index is 2.21. The Labute approximate surface area is 109 Å². The minimum atomic E-state index is -3.28. The van der Waals surface area contributed by atoms with E-state index in [4.69, 9.17) is 0 Å². The zero-order valence-corrected chi connectivity index (χ0v) is 11.5. The second-order valence-electron chi connectivity index (χ2n) is 4.54. The van der Waals surface area contributed by atoms with Gasteiger partial charge < -0.3 is 5.32 Å². The zero-order chi connectivity index (χ0) is 13.0. The highest BCUT2D eigenvalue weighted by molar-refractivity contribution is 7.89. The normalized spacial score (nSPS) is 17.2. The first-order valence-corrected chi connectivity index (χ1v) is 7.88. The van der Waals surface area contributed by atoms with Crippen LogP contribution in [0, 0.1) is 0 Å². The van der Waals surface area contributed by atoms with Gasteiger partial charge in [0.2, 0.25) is 10.0 Å². The van der Waals surface area contributed by atoms with Crippen LogP contribution < -0.4 is 5.32 Å². The number of hydrogen-bond acceptors (Lipinski definition) is 3. The summed E-state index contributed by atoms with van der Waals surface area (Å²) in [5, 5.41) is 3.20. The van der Waals surface area contributed by atoms with Crippen LogP contribution in [0.2, 0.25) is 0 Å². The van der Waals surface area contributed by atoms with Crippen molar-refractivity contribution in [3.8, 4) is 0 Å². The summed E-state index contributed by atoms with van der Waals surface area (Å²) in [5.74, 6) is 0. The molecule has 1 aromatic rings. The molecule has 1 aromatic carbocycles. The van der Waals surface area contributed by atoms with Crippen LogP contribution in [0.4, 0.5) is 0 Å². The molecule has 0 radical (unpaired) electrons. The Hall–Kier alpha value is -0.910. The van der Waals surface area contributed by atoms with Crippen molar-refractivity contribution >= 4 is 10.0 Å². The van der Waals surface area contributed by atoms with Gasteiger partial charge in [-0.3, -0.25) is 0 Å². The minimum Gasteiger partial charge on any atom is -0.313 e. The molecule has 4 nitrogen and oxygen atoms in total. The van der Waals surface area contributed by atoms with E-state index < -0.39 is 10.0 Å². The van der Waals surface area contributed by atoms with Crippen LogP contribution in [0.25, 0.3) is 0 Å². The number of hydrogen-bond donors (Lipinski definition) is 1. The van der Waals surface area contributed by atoms with Crippen LogP contribution in [0.3, 0.4) is 0 Å². The van der Waals surface area contributed by atoms with Crippen molar-refractivity contribution in [2.24, 2.45) is 0 Å². The van der Waals surface area contributed by atoms with E-state index >= 15 is 0 Å². The van der Waals surface area contributed by atoms with E-state index in [2.05, 4.69) is 5.32 Å². The molecule has 0 saturated carbocycles. The lowest BCUT2D eigenvalue weighted by Crippen LogP contribution is -2.28. The van der Waals surface area contributed by atoms with Crippen molar-refractivity contribution in [1.29, 1.82) is 0 Å². The fourth-order valence-electron chi connectivity index (χ4n) is 2.16. The van der Waals surface area contributed by atoms with Gasteiger partial charge in [-0.1, -0.05) is 19.1 Å². The lowest BCUT2D eigenvalue weighted by Gasteiger charge is -2.16. The van der Waals surface area contributed by atoms with Gasteiger partial charge in [-0.15, -0.1) is 0 Å². The predicted octanol–water partition coefficient (Wildman–Crippen LogP) is 1.58. The fourth-order valence-corrected chi connectivity index (χ4v) is 3.75. The maximum absolute atomic E-state index is 12.4. The van der Waals surface area contributed by atoms with Gasteiger partial charge in [0.15, 0.2) is 0 Å². The van der Waals surface area contributed by atoms with Crippen molar-refractivity contribution in [3.63, 3.8) is 0 Å². The third-order valence-corrected chi connectivity index (χ3v) is 5.08. The van der Waals surface area contributed by atoms with Crippen LogP contribution in [0.5, 0.6) is 0 Å². The second-order valence-corrected chi connectivity index (χ2v) is 6.48. The van der Waals surface area contributed by atoms with Crippen molar-refractivity contribution < 1.29 is 8.42 Å². The molecule has 1 saturated heterocycles. The standard InChI is InChI=1S/C13H20N2O2S/c1-2-14-11-12-6-5-7-13(10-12)18(16,17)15-8-3-4-9-15/h5-7,10,14H,2-4,8-9,11H2,1H3. The van der Waals surface area contributed by atoms with Crippen molar-refractivity contribution in [1.82, 2.24) is 9.62 Å². The van der Waals surface area contributed by atoms with E-state index in [0.29, 0.717) is 24.5 Å². The molecule has 1 fully saturated rings. The lowest BCUT2D eigenvalue weighted by atomic mass is 10.2. The predicted molar refractivity (Wildman–Crippen MR) is 71.8 cm³/mol. The molecule has 0 aromatic heterocycles. The van der Waals surface area contributed by atoms with Gasteiger partial charge >= 0.3 is 0 Å². The molecule has 1 N–H and O–H groups in total. The van der Waals surface area contributed by atoms with E-state index in [-0.39, 0.29) is 0 Å². The average molecular weight is 268 g/mol. The Morgan fingerprint density at radius 3 is 2.67 bits per heavy atom. The van der Waals surface area contributed by atoms with Crippen LogP contribution in [0.15, 0.2) is 29.2 Å². The van der Waals surface area contributed by atoms with Crippen molar-refractivity contribution in [2.75, 3.05) is 19.6 Å². The highest BCUT2D eigenvalue weighted by Crippen LogP contribution is 2.21. The van der Waals surface area contributed by atoms with E-state index in [0.717, 1.165) is 24.9 Å². The molecule has 2 rings (SSSR count). The molecule has 0 aliphatic carbocycles. The summed E-state index contributed by atoms with van der Waals surface area (Å²) in [6, 6.07) is 7.22. The molecule has 0 bridgehead atoms. The van der Waals surface area contributed by atoms with Gasteiger partial charge in [0.25, 0.3) is 0 Å². The summed E-state index contributed by atoms with van der Waals surface area (Å²) in [6.07, 6.45) is 1.94. The van der Waals surface area contributed by atoms with Gasteiger partial charge in [0.05, 0.1) is 4.90 Å². The van der Waals surface area contributed by atoms with Gasteiger partial charge in [-0.05, 0) is 37.1 Å². The Bertz CT molecular complexity index is 493. The molecule has 0 amide bonds. The van der Waals surface area contributed by atoms with Gasteiger partial charge in [-0.2, -0.15) is 4.31 Å². The first kappa shape index (κ1) is 13.5. The van der Waals surface area contributed by atoms with E-state index in [1.54, 1.807) is 16.4 Å². The molecule has 18 heavy (non-hydrogen) atoms. The Morgan fingerprint density at radius 1 is 1.28 bits per heavy atom. The maximum atomic E-state index is 12.4. The van der Waals surface area contributed by atoms with Crippen molar-refractivity contribution in [3.05, 3.63) is 29.8 Å². The van der Waals surface area contributed by atoms with E-state index in [1.165, 1.54) is 0 Å². The Kier molecular flexibility index (Phi) is 4.37. The highest BCUT2D eigenvalue weighted by Gasteiger charge is 2.26. The summed E-state index contributed by atoms with van der Waals surface area (Å²) in [7, 11) is -3.28. The number of benzene rings is 1. The Morgan fingerprint density at radius 2 is 2.00 bits per heavy atom. The SMILES string of the molecule is CCNCc1cccc(S(=O)(=O)N2CCCC2)c1. The molecule has 100 valence electrons. The molecule has 1 aliphatic heterocycles. The third kappa shape index (κ3) is 2.91. The summed E-state index contributed by atoms with van der Waals surface area (Å²) in [6.45, 7) is 4.92. The second kappa shape index (κ2) is 5.82. The molecular formula is C13H20N2O2S. The van der Waals surface area contributed by atoms with E-state index in [1.807, 2.05) is 19.1 Å². The summed E-state index contributed by atoms with van der Waals surface area (Å²) in [4.78, 5) is 0.416. The van der Waals surface area contributed by atoms with Crippen LogP contribution in [-0.2, 0) is 16.6 Å². The van der Waals surface area contributed by atoms with Crippen LogP contribution >= 0.6 is 0 Å². The molecule has 0 unspecified atom stereocenters. The van der Waals surface area contributed by atoms with Crippen LogP contribution in [-0.4, -0.2) is 32.4 Å². The van der Waals surface area contributed by atoms with E-state index in [9.17, 15) is 8.42 Å². The summed E-state index contributed by atoms with van der Waals surface area (Å²) >= 11 is 0. The summed E-state index contributed by atoms with van der Waals surface area (Å²) < 4.78 is 26.3. The maximum Gasteiger partial charge on any atom is 0.243 e. The molecule has 5 heteroatoms.